The first-order valence-corrected chi connectivity index (χ1v) is 16.9. The lowest BCUT2D eigenvalue weighted by molar-refractivity contribution is -0.211. The summed E-state index contributed by atoms with van der Waals surface area (Å²) in [5.41, 5.74) is 6.71. The van der Waals surface area contributed by atoms with Gasteiger partial charge in [-0.15, -0.1) is 0 Å². The fraction of sp³-hybridized carbons (Fsp3) is 0.875. The number of ether oxygens (including phenoxy) is 2. The van der Waals surface area contributed by atoms with Crippen molar-refractivity contribution in [1.82, 2.24) is 20.0 Å². The maximum Gasteiger partial charge on any atom is 0.256 e. The molecule has 0 radical (unpaired) electrons. The van der Waals surface area contributed by atoms with Gasteiger partial charge in [-0.1, -0.05) is 12.8 Å². The molecule has 11 atom stereocenters. The lowest BCUT2D eigenvalue weighted by atomic mass is 9.67. The number of morpholine rings is 1. The van der Waals surface area contributed by atoms with Gasteiger partial charge in [0.1, 0.15) is 0 Å². The van der Waals surface area contributed by atoms with E-state index in [2.05, 4.69) is 20.0 Å². The molecule has 8 aliphatic rings. The van der Waals surface area contributed by atoms with Crippen molar-refractivity contribution in [3.8, 4) is 0 Å². The van der Waals surface area contributed by atoms with Crippen molar-refractivity contribution in [3.05, 3.63) is 11.8 Å². The number of likely N-dealkylation sites (tertiary alicyclic amines) is 2. The number of hydrogen-bond acceptors (Lipinski definition) is 8. The quantitative estimate of drug-likeness (QED) is 0.484. The SMILES string of the molecule is N[C@@H]1CCN(C2CCC3C(=O)C(C(=O)NCCN4CCCC4)=CN4C5CC6OC7CCCCC7C6CC5OC2C34)C1. The molecule has 4 saturated heterocycles. The number of carbonyl (C=O) groups excluding carboxylic acids is 2. The van der Waals surface area contributed by atoms with Crippen LogP contribution >= 0.6 is 0 Å². The second-order valence-electron chi connectivity index (χ2n) is 14.4. The molecule has 3 aliphatic carbocycles. The Balaban J connectivity index is 1.08. The van der Waals surface area contributed by atoms with Crippen molar-refractivity contribution in [1.29, 1.82) is 0 Å². The van der Waals surface area contributed by atoms with E-state index in [-0.39, 0.29) is 60.1 Å². The first-order chi connectivity index (χ1) is 20.0. The van der Waals surface area contributed by atoms with Crippen LogP contribution in [-0.2, 0) is 19.1 Å². The molecule has 226 valence electrons. The Morgan fingerprint density at radius 2 is 1.76 bits per heavy atom. The van der Waals surface area contributed by atoms with Gasteiger partial charge in [0.05, 0.1) is 42.1 Å². The molecule has 9 heteroatoms. The molecule has 9 nitrogen and oxygen atoms in total. The van der Waals surface area contributed by atoms with Gasteiger partial charge in [-0.05, 0) is 82.7 Å². The highest BCUT2D eigenvalue weighted by atomic mass is 16.5. The maximum atomic E-state index is 14.0. The van der Waals surface area contributed by atoms with Crippen LogP contribution in [0, 0.1) is 17.8 Å². The van der Waals surface area contributed by atoms with Crippen LogP contribution in [-0.4, -0.2) is 114 Å². The minimum atomic E-state index is -0.197. The summed E-state index contributed by atoms with van der Waals surface area (Å²) in [6.45, 7) is 5.57. The molecular formula is C32H49N5O4. The predicted octanol–water partition coefficient (Wildman–Crippen LogP) is 1.65. The Hall–Kier alpha value is -1.52. The van der Waals surface area contributed by atoms with Crippen LogP contribution in [0.1, 0.15) is 70.6 Å². The van der Waals surface area contributed by atoms with Gasteiger partial charge in [0.15, 0.2) is 5.78 Å². The molecule has 0 aromatic carbocycles. The van der Waals surface area contributed by atoms with Gasteiger partial charge in [-0.25, -0.2) is 0 Å². The summed E-state index contributed by atoms with van der Waals surface area (Å²) in [6.07, 6.45) is 15.0. The van der Waals surface area contributed by atoms with Crippen LogP contribution in [0.5, 0.6) is 0 Å². The molecule has 7 fully saturated rings. The van der Waals surface area contributed by atoms with E-state index in [9.17, 15) is 9.59 Å². The molecule has 0 spiro atoms. The van der Waals surface area contributed by atoms with E-state index in [1.165, 1.54) is 38.5 Å². The third kappa shape index (κ3) is 4.69. The smallest absolute Gasteiger partial charge is 0.256 e. The Labute approximate surface area is 244 Å². The molecule has 10 unspecified atom stereocenters. The first-order valence-electron chi connectivity index (χ1n) is 16.9. The van der Waals surface area contributed by atoms with Gasteiger partial charge >= 0.3 is 0 Å². The number of carbonyl (C=O) groups is 2. The Bertz CT molecular complexity index is 1060. The van der Waals surface area contributed by atoms with E-state index in [0.29, 0.717) is 30.1 Å². The summed E-state index contributed by atoms with van der Waals surface area (Å²) in [5, 5.41) is 3.11. The molecule has 5 heterocycles. The van der Waals surface area contributed by atoms with E-state index in [1.54, 1.807) is 0 Å². The Morgan fingerprint density at radius 1 is 0.902 bits per heavy atom. The zero-order valence-corrected chi connectivity index (χ0v) is 24.5. The number of fused-ring (bicyclic) bond motifs is 5. The van der Waals surface area contributed by atoms with Gasteiger partial charge in [-0.2, -0.15) is 0 Å². The molecule has 0 bridgehead atoms. The summed E-state index contributed by atoms with van der Waals surface area (Å²) in [4.78, 5) is 34.9. The average Bonchev–Trinajstić information content (AvgIpc) is 3.73. The van der Waals surface area contributed by atoms with Crippen molar-refractivity contribution >= 4 is 11.7 Å². The minimum Gasteiger partial charge on any atom is -0.374 e. The van der Waals surface area contributed by atoms with Crippen molar-refractivity contribution in [2.45, 2.75) is 119 Å². The van der Waals surface area contributed by atoms with Gasteiger partial charge in [0, 0.05) is 50.4 Å². The topological polar surface area (TPSA) is 100 Å². The standard InChI is InChI=1S/C32H49N5O4/c33-19-9-13-36(17-19)24-8-7-21-29-31(24)41-28-15-22-20-5-1-2-6-26(20)40-27(22)16-25(28)37(29)18-23(30(21)38)32(39)34-10-14-35-11-3-4-12-35/h18-22,24-29,31H,1-17,33H2,(H,34,39)/t19-,20?,21?,22?,24?,25?,26?,27?,28?,29?,31?/m1/s1. The summed E-state index contributed by atoms with van der Waals surface area (Å²) in [7, 11) is 0. The second-order valence-corrected chi connectivity index (χ2v) is 14.4. The second kappa shape index (κ2) is 10.9. The van der Waals surface area contributed by atoms with Crippen molar-refractivity contribution in [3.63, 3.8) is 0 Å². The monoisotopic (exact) mass is 567 g/mol. The summed E-state index contributed by atoms with van der Waals surface area (Å²) in [6, 6.07) is 0.643. The van der Waals surface area contributed by atoms with E-state index in [4.69, 9.17) is 15.2 Å². The number of Topliss-reactive ketones (excluding diaryl/α,β-unsaturated/α-hetero) is 1. The highest BCUT2D eigenvalue weighted by molar-refractivity contribution is 6.20. The molecule has 3 saturated carbocycles. The molecule has 41 heavy (non-hydrogen) atoms. The van der Waals surface area contributed by atoms with Gasteiger partial charge < -0.3 is 30.3 Å². The number of amides is 1. The largest absolute Gasteiger partial charge is 0.374 e. The maximum absolute atomic E-state index is 14.0. The van der Waals surface area contributed by atoms with Crippen molar-refractivity contribution in [2.75, 3.05) is 39.3 Å². The third-order valence-corrected chi connectivity index (χ3v) is 12.3. The van der Waals surface area contributed by atoms with Gasteiger partial charge in [-0.3, -0.25) is 14.5 Å². The Kier molecular flexibility index (Phi) is 7.18. The molecule has 0 aromatic heterocycles. The third-order valence-electron chi connectivity index (χ3n) is 12.3. The Morgan fingerprint density at radius 3 is 2.59 bits per heavy atom. The number of nitrogens with zero attached hydrogens (tertiary/aromatic N) is 3. The van der Waals surface area contributed by atoms with Crippen LogP contribution in [0.25, 0.3) is 0 Å². The van der Waals surface area contributed by atoms with Crippen LogP contribution in [0.15, 0.2) is 11.8 Å². The van der Waals surface area contributed by atoms with E-state index in [1.807, 2.05) is 6.20 Å². The van der Waals surface area contributed by atoms with Gasteiger partial charge in [0.2, 0.25) is 0 Å². The van der Waals surface area contributed by atoms with E-state index in [0.717, 1.165) is 64.8 Å². The summed E-state index contributed by atoms with van der Waals surface area (Å²) in [5.74, 6) is 0.863. The molecule has 5 aliphatic heterocycles. The highest BCUT2D eigenvalue weighted by Crippen LogP contribution is 2.52. The fourth-order valence-electron chi connectivity index (χ4n) is 10.3. The minimum absolute atomic E-state index is 0.0132. The lowest BCUT2D eigenvalue weighted by Gasteiger charge is -2.60. The van der Waals surface area contributed by atoms with Gasteiger partial charge in [0.25, 0.3) is 5.91 Å². The first kappa shape index (κ1) is 27.1. The molecular weight excluding hydrogens is 518 g/mol. The number of rotatable bonds is 5. The highest BCUT2D eigenvalue weighted by Gasteiger charge is 2.60. The fourth-order valence-corrected chi connectivity index (χ4v) is 10.3. The molecule has 8 rings (SSSR count). The van der Waals surface area contributed by atoms with Crippen LogP contribution < -0.4 is 11.1 Å². The predicted molar refractivity (Wildman–Crippen MR) is 154 cm³/mol. The van der Waals surface area contributed by atoms with E-state index < -0.39 is 0 Å². The zero-order valence-electron chi connectivity index (χ0n) is 24.5. The van der Waals surface area contributed by atoms with Crippen LogP contribution in [0.3, 0.4) is 0 Å². The van der Waals surface area contributed by atoms with Crippen molar-refractivity contribution < 1.29 is 19.1 Å². The average molecular weight is 568 g/mol. The number of hydrogen-bond donors (Lipinski definition) is 2. The lowest BCUT2D eigenvalue weighted by Crippen LogP contribution is -2.71. The van der Waals surface area contributed by atoms with Crippen LogP contribution in [0.4, 0.5) is 0 Å². The number of ketones is 1. The molecule has 0 aromatic rings. The number of nitrogens with two attached hydrogens (primary N) is 1. The summed E-state index contributed by atoms with van der Waals surface area (Å²) < 4.78 is 13.9. The zero-order chi connectivity index (χ0) is 27.7. The molecule has 3 N–H and O–H groups in total. The molecule has 1 amide bonds. The van der Waals surface area contributed by atoms with Crippen molar-refractivity contribution in [2.24, 2.45) is 23.5 Å². The van der Waals surface area contributed by atoms with E-state index >= 15 is 0 Å². The number of nitrogens with one attached hydrogen (secondary N) is 1. The summed E-state index contributed by atoms with van der Waals surface area (Å²) >= 11 is 0. The van der Waals surface area contributed by atoms with Crippen LogP contribution in [0.2, 0.25) is 0 Å². The normalized spacial score (nSPS) is 46.0.